The maximum absolute atomic E-state index is 12.1. The summed E-state index contributed by atoms with van der Waals surface area (Å²) in [5.74, 6) is 0. The van der Waals surface area contributed by atoms with Gasteiger partial charge in [-0.05, 0) is 29.2 Å². The second-order valence-corrected chi connectivity index (χ2v) is 5.96. The van der Waals surface area contributed by atoms with Crippen LogP contribution in [-0.4, -0.2) is 14.5 Å². The minimum atomic E-state index is -0.142. The molecule has 0 aliphatic carbocycles. The van der Waals surface area contributed by atoms with Gasteiger partial charge in [0.15, 0.2) is 0 Å². The minimum absolute atomic E-state index is 0.102. The van der Waals surface area contributed by atoms with E-state index in [0.29, 0.717) is 0 Å². The molecule has 0 unspecified atom stereocenters. The Hall–Kier alpha value is -2.36. The highest BCUT2D eigenvalue weighted by Gasteiger charge is 2.14. The van der Waals surface area contributed by atoms with Crippen molar-refractivity contribution < 1.29 is 0 Å². The van der Waals surface area contributed by atoms with Gasteiger partial charge < -0.3 is 4.98 Å². The lowest BCUT2D eigenvalue weighted by Crippen LogP contribution is -2.15. The molecule has 0 aliphatic rings. The molecular formula is C16H17N3O. The van der Waals surface area contributed by atoms with E-state index in [1.54, 1.807) is 23.0 Å². The molecule has 4 nitrogen and oxygen atoms in total. The summed E-state index contributed by atoms with van der Waals surface area (Å²) < 4.78 is 1.65. The zero-order chi connectivity index (χ0) is 14.3. The van der Waals surface area contributed by atoms with Gasteiger partial charge in [0.1, 0.15) is 0 Å². The Balaban J connectivity index is 2.17. The van der Waals surface area contributed by atoms with Crippen molar-refractivity contribution in [3.8, 4) is 5.69 Å². The summed E-state index contributed by atoms with van der Waals surface area (Å²) in [5.41, 5.74) is 3.64. The van der Waals surface area contributed by atoms with Crippen LogP contribution in [0.5, 0.6) is 0 Å². The van der Waals surface area contributed by atoms with Gasteiger partial charge in [0.25, 0.3) is 0 Å². The summed E-state index contributed by atoms with van der Waals surface area (Å²) in [7, 11) is 0. The third kappa shape index (κ3) is 2.03. The molecule has 0 fully saturated rings. The molecule has 3 aromatic rings. The highest BCUT2D eigenvalue weighted by atomic mass is 16.1. The molecule has 0 amide bonds. The Kier molecular flexibility index (Phi) is 2.74. The Labute approximate surface area is 117 Å². The summed E-state index contributed by atoms with van der Waals surface area (Å²) in [4.78, 5) is 19.0. The molecule has 0 bridgehead atoms. The number of rotatable bonds is 1. The van der Waals surface area contributed by atoms with E-state index in [-0.39, 0.29) is 11.1 Å². The van der Waals surface area contributed by atoms with E-state index in [2.05, 4.69) is 42.9 Å². The molecule has 0 spiro atoms. The van der Waals surface area contributed by atoms with Crippen LogP contribution in [0.15, 0.2) is 47.5 Å². The zero-order valence-corrected chi connectivity index (χ0v) is 11.8. The van der Waals surface area contributed by atoms with Crippen molar-refractivity contribution in [1.82, 2.24) is 14.5 Å². The van der Waals surface area contributed by atoms with Crippen molar-refractivity contribution >= 4 is 11.0 Å². The maximum Gasteiger partial charge on any atom is 0.331 e. The largest absolute Gasteiger partial charge is 0.331 e. The molecule has 0 saturated carbocycles. The van der Waals surface area contributed by atoms with Gasteiger partial charge in [-0.3, -0.25) is 9.55 Å². The molecular weight excluding hydrogens is 250 g/mol. The Morgan fingerprint density at radius 1 is 1.10 bits per heavy atom. The molecule has 20 heavy (non-hydrogen) atoms. The highest BCUT2D eigenvalue weighted by molar-refractivity contribution is 5.75. The van der Waals surface area contributed by atoms with E-state index >= 15 is 0 Å². The fourth-order valence-corrected chi connectivity index (χ4v) is 2.32. The van der Waals surface area contributed by atoms with Gasteiger partial charge in [0, 0.05) is 6.20 Å². The predicted octanol–water partition coefficient (Wildman–Crippen LogP) is 3.01. The first-order chi connectivity index (χ1) is 9.47. The van der Waals surface area contributed by atoms with E-state index < -0.39 is 0 Å². The summed E-state index contributed by atoms with van der Waals surface area (Å²) in [5, 5.41) is 0. The Morgan fingerprint density at radius 3 is 2.45 bits per heavy atom. The van der Waals surface area contributed by atoms with E-state index in [0.717, 1.165) is 16.7 Å². The predicted molar refractivity (Wildman–Crippen MR) is 80.4 cm³/mol. The molecule has 2 heterocycles. The number of H-pyrrole nitrogens is 1. The minimum Gasteiger partial charge on any atom is -0.305 e. The molecule has 102 valence electrons. The second kappa shape index (κ2) is 4.34. The second-order valence-electron chi connectivity index (χ2n) is 5.96. The number of hydrogen-bond donors (Lipinski definition) is 1. The van der Waals surface area contributed by atoms with E-state index in [4.69, 9.17) is 0 Å². The van der Waals surface area contributed by atoms with Gasteiger partial charge >= 0.3 is 5.69 Å². The van der Waals surface area contributed by atoms with Gasteiger partial charge in [-0.1, -0.05) is 32.9 Å². The lowest BCUT2D eigenvalue weighted by molar-refractivity contribution is 0.590. The summed E-state index contributed by atoms with van der Waals surface area (Å²) in [6, 6.07) is 9.88. The van der Waals surface area contributed by atoms with Crippen LogP contribution >= 0.6 is 0 Å². The smallest absolute Gasteiger partial charge is 0.305 e. The van der Waals surface area contributed by atoms with Crippen LogP contribution in [-0.2, 0) is 5.41 Å². The summed E-state index contributed by atoms with van der Waals surface area (Å²) in [6.45, 7) is 6.51. The lowest BCUT2D eigenvalue weighted by Gasteiger charge is -2.19. The van der Waals surface area contributed by atoms with Crippen molar-refractivity contribution in [2.24, 2.45) is 0 Å². The molecule has 1 N–H and O–H groups in total. The quantitative estimate of drug-likeness (QED) is 0.736. The van der Waals surface area contributed by atoms with Crippen LogP contribution < -0.4 is 5.69 Å². The molecule has 2 aromatic heterocycles. The summed E-state index contributed by atoms with van der Waals surface area (Å²) >= 11 is 0. The van der Waals surface area contributed by atoms with Crippen LogP contribution in [0.3, 0.4) is 0 Å². The van der Waals surface area contributed by atoms with Crippen LogP contribution in [0, 0.1) is 0 Å². The first-order valence-electron chi connectivity index (χ1n) is 6.62. The SMILES string of the molecule is CC(C)(C)c1ccc(-n2c(=O)[nH]c3ccncc32)cc1. The van der Waals surface area contributed by atoms with Crippen molar-refractivity contribution in [2.45, 2.75) is 26.2 Å². The summed E-state index contributed by atoms with van der Waals surface area (Å²) in [6.07, 6.45) is 3.37. The third-order valence-corrected chi connectivity index (χ3v) is 3.48. The first-order valence-corrected chi connectivity index (χ1v) is 6.62. The lowest BCUT2D eigenvalue weighted by atomic mass is 9.87. The van der Waals surface area contributed by atoms with Crippen molar-refractivity contribution in [2.75, 3.05) is 0 Å². The van der Waals surface area contributed by atoms with Crippen LogP contribution in [0.2, 0.25) is 0 Å². The average molecular weight is 267 g/mol. The van der Waals surface area contributed by atoms with Crippen LogP contribution in [0.1, 0.15) is 26.3 Å². The third-order valence-electron chi connectivity index (χ3n) is 3.48. The van der Waals surface area contributed by atoms with Gasteiger partial charge in [-0.2, -0.15) is 0 Å². The van der Waals surface area contributed by atoms with Crippen LogP contribution in [0.4, 0.5) is 0 Å². The number of benzene rings is 1. The Morgan fingerprint density at radius 2 is 1.80 bits per heavy atom. The van der Waals surface area contributed by atoms with Gasteiger partial charge in [0.2, 0.25) is 0 Å². The van der Waals surface area contributed by atoms with E-state index in [9.17, 15) is 4.79 Å². The van der Waals surface area contributed by atoms with E-state index in [1.807, 2.05) is 12.1 Å². The maximum atomic E-state index is 12.1. The Bertz CT molecular complexity index is 804. The molecule has 0 radical (unpaired) electrons. The normalized spacial score (nSPS) is 11.9. The molecule has 1 aromatic carbocycles. The van der Waals surface area contributed by atoms with Gasteiger partial charge in [-0.15, -0.1) is 0 Å². The molecule has 0 atom stereocenters. The average Bonchev–Trinajstić information content (AvgIpc) is 2.73. The molecule has 0 saturated heterocycles. The molecule has 3 rings (SSSR count). The van der Waals surface area contributed by atoms with Crippen molar-refractivity contribution in [3.05, 3.63) is 58.8 Å². The number of pyridine rings is 1. The standard InChI is InChI=1S/C16H17N3O/c1-16(2,3)11-4-6-12(7-5-11)19-14-10-17-9-8-13(14)18-15(19)20/h4-10H,1-3H3,(H,18,20). The van der Waals surface area contributed by atoms with E-state index in [1.165, 1.54) is 5.56 Å². The monoisotopic (exact) mass is 267 g/mol. The van der Waals surface area contributed by atoms with Gasteiger partial charge in [-0.25, -0.2) is 4.79 Å². The number of hydrogen-bond acceptors (Lipinski definition) is 2. The first kappa shape index (κ1) is 12.7. The fourth-order valence-electron chi connectivity index (χ4n) is 2.32. The number of aromatic nitrogens is 3. The number of nitrogens with zero attached hydrogens (tertiary/aromatic N) is 2. The zero-order valence-electron chi connectivity index (χ0n) is 11.8. The number of fused-ring (bicyclic) bond motifs is 1. The topological polar surface area (TPSA) is 50.7 Å². The van der Waals surface area contributed by atoms with Crippen molar-refractivity contribution in [1.29, 1.82) is 0 Å². The fraction of sp³-hybridized carbons (Fsp3) is 0.250. The number of aromatic amines is 1. The number of nitrogens with one attached hydrogen (secondary N) is 1. The van der Waals surface area contributed by atoms with Crippen molar-refractivity contribution in [3.63, 3.8) is 0 Å². The van der Waals surface area contributed by atoms with Crippen LogP contribution in [0.25, 0.3) is 16.7 Å². The van der Waals surface area contributed by atoms with Gasteiger partial charge in [0.05, 0.1) is 22.9 Å². The molecule has 0 aliphatic heterocycles. The number of imidazole rings is 1. The molecule has 4 heteroatoms. The highest BCUT2D eigenvalue weighted by Crippen LogP contribution is 2.23.